The van der Waals surface area contributed by atoms with Crippen molar-refractivity contribution < 1.29 is 14.3 Å². The number of carbonyl (C=O) groups is 2. The van der Waals surface area contributed by atoms with Gasteiger partial charge < -0.3 is 15.4 Å². The van der Waals surface area contributed by atoms with Gasteiger partial charge in [-0.15, -0.1) is 5.10 Å². The van der Waals surface area contributed by atoms with Crippen molar-refractivity contribution in [3.8, 4) is 17.0 Å². The molecule has 0 bridgehead atoms. The Labute approximate surface area is 192 Å². The first-order valence-corrected chi connectivity index (χ1v) is 11.3. The van der Waals surface area contributed by atoms with Gasteiger partial charge >= 0.3 is 0 Å². The summed E-state index contributed by atoms with van der Waals surface area (Å²) in [6.07, 6.45) is 6.71. The lowest BCUT2D eigenvalue weighted by Gasteiger charge is -2.30. The quantitative estimate of drug-likeness (QED) is 0.510. The number of rotatable bonds is 7. The van der Waals surface area contributed by atoms with Crippen LogP contribution in [-0.2, 0) is 11.8 Å². The first kappa shape index (κ1) is 22.6. The average Bonchev–Trinajstić information content (AvgIpc) is 3.43. The highest BCUT2D eigenvalue weighted by Gasteiger charge is 2.32. The molecule has 2 amide bonds. The number of nitrogens with one attached hydrogen (secondary N) is 3. The van der Waals surface area contributed by atoms with Crippen LogP contribution < -0.4 is 15.4 Å². The third-order valence-electron chi connectivity index (χ3n) is 6.29. The van der Waals surface area contributed by atoms with Gasteiger partial charge in [0.15, 0.2) is 0 Å². The third kappa shape index (κ3) is 4.92. The summed E-state index contributed by atoms with van der Waals surface area (Å²) in [4.78, 5) is 26.1. The SMILES string of the molecule is COc1n[nH]c(C)c1-c1ccc(NC(=O)C(NC(=O)c2ccnn2C)C2CCCCC2)cc1. The molecule has 1 aliphatic carbocycles. The highest BCUT2D eigenvalue weighted by molar-refractivity contribution is 6.00. The molecule has 1 aliphatic rings. The van der Waals surface area contributed by atoms with Gasteiger partial charge in [0.1, 0.15) is 11.7 Å². The fourth-order valence-electron chi connectivity index (χ4n) is 4.51. The molecule has 0 saturated heterocycles. The topological polar surface area (TPSA) is 114 Å². The number of amides is 2. The van der Waals surface area contributed by atoms with Gasteiger partial charge in [0, 0.05) is 24.6 Å². The van der Waals surface area contributed by atoms with Crippen molar-refractivity contribution in [1.29, 1.82) is 0 Å². The van der Waals surface area contributed by atoms with Crippen molar-refractivity contribution in [3.63, 3.8) is 0 Å². The lowest BCUT2D eigenvalue weighted by Crippen LogP contribution is -2.49. The highest BCUT2D eigenvalue weighted by atomic mass is 16.5. The van der Waals surface area contributed by atoms with Crippen LogP contribution in [0.4, 0.5) is 5.69 Å². The van der Waals surface area contributed by atoms with Crippen LogP contribution in [0.5, 0.6) is 5.88 Å². The monoisotopic (exact) mass is 450 g/mol. The van der Waals surface area contributed by atoms with E-state index in [1.54, 1.807) is 26.4 Å². The summed E-state index contributed by atoms with van der Waals surface area (Å²) in [7, 11) is 3.29. The van der Waals surface area contributed by atoms with E-state index in [4.69, 9.17) is 4.74 Å². The van der Waals surface area contributed by atoms with Crippen LogP contribution in [0, 0.1) is 12.8 Å². The summed E-state index contributed by atoms with van der Waals surface area (Å²) in [5.74, 6) is 0.133. The van der Waals surface area contributed by atoms with Gasteiger partial charge in [-0.2, -0.15) is 5.10 Å². The van der Waals surface area contributed by atoms with E-state index in [2.05, 4.69) is 25.9 Å². The molecule has 3 N–H and O–H groups in total. The molecule has 2 heterocycles. The van der Waals surface area contributed by atoms with Crippen LogP contribution in [0.3, 0.4) is 0 Å². The summed E-state index contributed by atoms with van der Waals surface area (Å²) in [6, 6.07) is 8.57. The van der Waals surface area contributed by atoms with E-state index in [0.29, 0.717) is 17.3 Å². The second-order valence-electron chi connectivity index (χ2n) is 8.49. The maximum Gasteiger partial charge on any atom is 0.270 e. The van der Waals surface area contributed by atoms with Crippen molar-refractivity contribution in [2.45, 2.75) is 45.1 Å². The van der Waals surface area contributed by atoms with E-state index in [0.717, 1.165) is 42.5 Å². The Morgan fingerprint density at radius 2 is 1.88 bits per heavy atom. The summed E-state index contributed by atoms with van der Waals surface area (Å²) in [5, 5.41) is 17.1. The van der Waals surface area contributed by atoms with Crippen molar-refractivity contribution in [1.82, 2.24) is 25.3 Å². The summed E-state index contributed by atoms with van der Waals surface area (Å²) >= 11 is 0. The van der Waals surface area contributed by atoms with Crippen LogP contribution in [0.15, 0.2) is 36.5 Å². The van der Waals surface area contributed by atoms with Crippen LogP contribution in [0.25, 0.3) is 11.1 Å². The van der Waals surface area contributed by atoms with Gasteiger partial charge in [0.05, 0.1) is 12.7 Å². The molecule has 9 heteroatoms. The van der Waals surface area contributed by atoms with E-state index >= 15 is 0 Å². The Morgan fingerprint density at radius 1 is 1.15 bits per heavy atom. The molecule has 174 valence electrons. The van der Waals surface area contributed by atoms with Gasteiger partial charge in [0.2, 0.25) is 11.8 Å². The summed E-state index contributed by atoms with van der Waals surface area (Å²) in [5.41, 5.74) is 3.82. The summed E-state index contributed by atoms with van der Waals surface area (Å²) < 4.78 is 6.84. The molecular formula is C24H30N6O3. The molecule has 1 unspecified atom stereocenters. The van der Waals surface area contributed by atoms with Crippen molar-refractivity contribution in [2.24, 2.45) is 13.0 Å². The van der Waals surface area contributed by atoms with Crippen molar-refractivity contribution >= 4 is 17.5 Å². The number of hydrogen-bond acceptors (Lipinski definition) is 5. The normalized spacial score (nSPS) is 15.1. The van der Waals surface area contributed by atoms with Gasteiger partial charge in [-0.3, -0.25) is 19.4 Å². The maximum atomic E-state index is 13.3. The number of H-pyrrole nitrogens is 1. The number of methoxy groups -OCH3 is 1. The summed E-state index contributed by atoms with van der Waals surface area (Å²) in [6.45, 7) is 1.93. The molecule has 3 aromatic rings. The lowest BCUT2D eigenvalue weighted by atomic mass is 9.83. The third-order valence-corrected chi connectivity index (χ3v) is 6.29. The van der Waals surface area contributed by atoms with Crippen LogP contribution in [0.2, 0.25) is 0 Å². The van der Waals surface area contributed by atoms with Gasteiger partial charge in [-0.1, -0.05) is 31.4 Å². The Morgan fingerprint density at radius 3 is 2.52 bits per heavy atom. The van der Waals surface area contributed by atoms with E-state index in [9.17, 15) is 9.59 Å². The van der Waals surface area contributed by atoms with Crippen LogP contribution >= 0.6 is 0 Å². The number of carbonyl (C=O) groups excluding carboxylic acids is 2. The fourth-order valence-corrected chi connectivity index (χ4v) is 4.51. The molecule has 4 rings (SSSR count). The zero-order chi connectivity index (χ0) is 23.4. The molecule has 1 saturated carbocycles. The molecule has 1 fully saturated rings. The smallest absolute Gasteiger partial charge is 0.270 e. The molecule has 1 aromatic carbocycles. The Hall–Kier alpha value is -3.62. The van der Waals surface area contributed by atoms with E-state index in [1.807, 2.05) is 31.2 Å². The predicted octanol–water partition coefficient (Wildman–Crippen LogP) is 3.44. The largest absolute Gasteiger partial charge is 0.479 e. The van der Waals surface area contributed by atoms with Crippen molar-refractivity contribution in [2.75, 3.05) is 12.4 Å². The standard InChI is InChI=1S/C24H30N6O3/c1-15-20(24(33-3)29-28-15)16-9-11-18(12-10-16)26-23(32)21(17-7-5-4-6-8-17)27-22(31)19-13-14-25-30(19)2/h9-14,17,21H,4-8H2,1-3H3,(H,26,32)(H,27,31)(H,28,29). The van der Waals surface area contributed by atoms with Gasteiger partial charge in [-0.25, -0.2) is 0 Å². The van der Waals surface area contributed by atoms with Crippen LogP contribution in [0.1, 0.15) is 48.3 Å². The lowest BCUT2D eigenvalue weighted by molar-refractivity contribution is -0.119. The van der Waals surface area contributed by atoms with Crippen molar-refractivity contribution in [3.05, 3.63) is 47.9 Å². The molecular weight excluding hydrogens is 420 g/mol. The molecule has 1 atom stereocenters. The van der Waals surface area contributed by atoms with E-state index < -0.39 is 6.04 Å². The second kappa shape index (κ2) is 9.89. The van der Waals surface area contributed by atoms with Gasteiger partial charge in [0.25, 0.3) is 5.91 Å². The van der Waals surface area contributed by atoms with Gasteiger partial charge in [-0.05, 0) is 49.4 Å². The van der Waals surface area contributed by atoms with Crippen LogP contribution in [-0.4, -0.2) is 44.9 Å². The maximum absolute atomic E-state index is 13.3. The minimum absolute atomic E-state index is 0.105. The number of nitrogens with zero attached hydrogens (tertiary/aromatic N) is 3. The molecule has 9 nitrogen and oxygen atoms in total. The van der Waals surface area contributed by atoms with E-state index in [-0.39, 0.29) is 17.7 Å². The molecule has 33 heavy (non-hydrogen) atoms. The molecule has 2 aromatic heterocycles. The number of ether oxygens (including phenoxy) is 1. The van der Waals surface area contributed by atoms with E-state index in [1.165, 1.54) is 11.1 Å². The molecule has 0 aliphatic heterocycles. The number of benzene rings is 1. The highest BCUT2D eigenvalue weighted by Crippen LogP contribution is 2.32. The minimum atomic E-state index is -0.608. The zero-order valence-corrected chi connectivity index (χ0v) is 19.2. The second-order valence-corrected chi connectivity index (χ2v) is 8.49. The average molecular weight is 451 g/mol. The Balaban J connectivity index is 1.50. The Bertz CT molecular complexity index is 1110. The Kier molecular flexibility index (Phi) is 6.76. The number of aryl methyl sites for hydroxylation is 2. The minimum Gasteiger partial charge on any atom is -0.479 e. The molecule has 0 radical (unpaired) electrons. The number of aromatic nitrogens is 4. The number of hydrogen-bond donors (Lipinski definition) is 3. The first-order chi connectivity index (χ1) is 16.0. The fraction of sp³-hybridized carbons (Fsp3) is 0.417. The molecule has 0 spiro atoms. The first-order valence-electron chi connectivity index (χ1n) is 11.3. The predicted molar refractivity (Wildman–Crippen MR) is 125 cm³/mol. The number of aromatic amines is 1. The number of anilines is 1. The zero-order valence-electron chi connectivity index (χ0n) is 19.2.